The number of carbonyl (C=O) groups is 2. The van der Waals surface area contributed by atoms with E-state index in [1.54, 1.807) is 4.90 Å². The van der Waals surface area contributed by atoms with Gasteiger partial charge in [-0.3, -0.25) is 19.7 Å². The highest BCUT2D eigenvalue weighted by Crippen LogP contribution is 2.47. The first-order valence-corrected chi connectivity index (χ1v) is 9.38. The van der Waals surface area contributed by atoms with Crippen LogP contribution >= 0.6 is 0 Å². The zero-order valence-corrected chi connectivity index (χ0v) is 14.9. The van der Waals surface area contributed by atoms with Gasteiger partial charge in [0.1, 0.15) is 0 Å². The largest absolute Gasteiger partial charge is 0.329 e. The number of anilines is 1. The maximum absolute atomic E-state index is 12.2. The van der Waals surface area contributed by atoms with Gasteiger partial charge in [0.2, 0.25) is 5.91 Å². The number of piperidine rings is 1. The van der Waals surface area contributed by atoms with E-state index in [1.807, 2.05) is 11.7 Å². The summed E-state index contributed by atoms with van der Waals surface area (Å²) >= 11 is 0. The molecule has 3 fully saturated rings. The van der Waals surface area contributed by atoms with Gasteiger partial charge >= 0.3 is 6.03 Å². The van der Waals surface area contributed by atoms with Crippen molar-refractivity contribution < 1.29 is 9.59 Å². The molecule has 0 bridgehead atoms. The van der Waals surface area contributed by atoms with Crippen molar-refractivity contribution in [2.75, 3.05) is 18.0 Å². The Kier molecular flexibility index (Phi) is 3.37. The van der Waals surface area contributed by atoms with Crippen molar-refractivity contribution in [1.82, 2.24) is 20.4 Å². The second kappa shape index (κ2) is 5.54. The van der Waals surface area contributed by atoms with E-state index in [4.69, 9.17) is 0 Å². The molecule has 7 heteroatoms. The Morgan fingerprint density at radius 1 is 1.27 bits per heavy atom. The molecule has 1 spiro atoms. The highest BCUT2D eigenvalue weighted by molar-refractivity contribution is 6.08. The molecule has 1 atom stereocenters. The van der Waals surface area contributed by atoms with Crippen molar-refractivity contribution in [2.45, 2.75) is 43.6 Å². The summed E-state index contributed by atoms with van der Waals surface area (Å²) in [5.41, 5.74) is 2.79. The number of aromatic nitrogens is 2. The molecule has 26 heavy (non-hydrogen) atoms. The van der Waals surface area contributed by atoms with Crippen LogP contribution in [0.5, 0.6) is 0 Å². The molecule has 3 aliphatic rings. The Labute approximate surface area is 151 Å². The zero-order chi connectivity index (χ0) is 17.9. The van der Waals surface area contributed by atoms with Gasteiger partial charge in [0.25, 0.3) is 0 Å². The van der Waals surface area contributed by atoms with Crippen LogP contribution in [0.1, 0.15) is 43.6 Å². The van der Waals surface area contributed by atoms with Crippen molar-refractivity contribution >= 4 is 28.7 Å². The van der Waals surface area contributed by atoms with Gasteiger partial charge in [-0.05, 0) is 55.8 Å². The van der Waals surface area contributed by atoms with Crippen molar-refractivity contribution in [3.05, 3.63) is 23.8 Å². The lowest BCUT2D eigenvalue weighted by molar-refractivity contribution is -0.120. The average molecular weight is 353 g/mol. The van der Waals surface area contributed by atoms with E-state index < -0.39 is 0 Å². The number of nitrogens with zero attached hydrogens (tertiary/aromatic N) is 3. The maximum Gasteiger partial charge on any atom is 0.329 e. The van der Waals surface area contributed by atoms with Crippen molar-refractivity contribution in [3.63, 3.8) is 0 Å². The van der Waals surface area contributed by atoms with E-state index in [0.717, 1.165) is 23.9 Å². The monoisotopic (exact) mass is 353 g/mol. The quantitative estimate of drug-likeness (QED) is 0.866. The summed E-state index contributed by atoms with van der Waals surface area (Å²) < 4.78 is 1.84. The molecule has 3 heterocycles. The Hall–Kier alpha value is -2.41. The van der Waals surface area contributed by atoms with Gasteiger partial charge in [0.05, 0.1) is 5.52 Å². The van der Waals surface area contributed by atoms with Crippen LogP contribution in [0.4, 0.5) is 10.6 Å². The third kappa shape index (κ3) is 2.49. The number of urea groups is 1. The number of benzene rings is 1. The molecule has 1 aromatic carbocycles. The standard InChI is InChI=1S/C19H23N5O2/c1-23-15-10-12(13-4-8-20-19(11-13)6-7-19)2-3-14(15)17(22-23)24-9-5-16(25)21-18(24)26/h2-3,10,13,20H,4-9,11H2,1H3,(H,21,25,26). The van der Waals surface area contributed by atoms with Crippen LogP contribution in [0.25, 0.3) is 10.9 Å². The number of amides is 3. The number of hydrogen-bond donors (Lipinski definition) is 2. The minimum atomic E-state index is -0.389. The zero-order valence-electron chi connectivity index (χ0n) is 14.9. The number of fused-ring (bicyclic) bond motifs is 1. The van der Waals surface area contributed by atoms with Crippen LogP contribution in [-0.2, 0) is 11.8 Å². The molecule has 1 aliphatic carbocycles. The van der Waals surface area contributed by atoms with E-state index in [2.05, 4.69) is 33.9 Å². The number of imide groups is 1. The fraction of sp³-hybridized carbons (Fsp3) is 0.526. The van der Waals surface area contributed by atoms with Gasteiger partial charge in [-0.15, -0.1) is 0 Å². The number of carbonyl (C=O) groups excluding carboxylic acids is 2. The number of nitrogens with one attached hydrogen (secondary N) is 2. The van der Waals surface area contributed by atoms with Crippen molar-refractivity contribution in [2.24, 2.45) is 7.05 Å². The summed E-state index contributed by atoms with van der Waals surface area (Å²) in [7, 11) is 1.91. The number of aryl methyl sites for hydroxylation is 1. The molecular weight excluding hydrogens is 330 g/mol. The van der Waals surface area contributed by atoms with Crippen molar-refractivity contribution in [3.8, 4) is 0 Å². The molecular formula is C19H23N5O2. The fourth-order valence-electron chi connectivity index (χ4n) is 4.45. The van der Waals surface area contributed by atoms with Crippen molar-refractivity contribution in [1.29, 1.82) is 0 Å². The Morgan fingerprint density at radius 3 is 2.88 bits per heavy atom. The minimum Gasteiger partial charge on any atom is -0.311 e. The van der Waals surface area contributed by atoms with Gasteiger partial charge in [0, 0.05) is 30.9 Å². The van der Waals surface area contributed by atoms with Crippen LogP contribution in [0.15, 0.2) is 18.2 Å². The molecule has 2 aromatic rings. The molecule has 7 nitrogen and oxygen atoms in total. The molecule has 1 saturated carbocycles. The Morgan fingerprint density at radius 2 is 2.12 bits per heavy atom. The summed E-state index contributed by atoms with van der Waals surface area (Å²) in [6.45, 7) is 1.46. The molecule has 2 saturated heterocycles. The normalized spacial score (nSPS) is 25.0. The van der Waals surface area contributed by atoms with Gasteiger partial charge in [-0.25, -0.2) is 4.79 Å². The van der Waals surface area contributed by atoms with E-state index >= 15 is 0 Å². The van der Waals surface area contributed by atoms with Gasteiger partial charge in [-0.2, -0.15) is 5.10 Å². The molecule has 3 amide bonds. The Bertz CT molecular complexity index is 914. The molecule has 1 aromatic heterocycles. The van der Waals surface area contributed by atoms with Crippen LogP contribution < -0.4 is 15.5 Å². The van der Waals surface area contributed by atoms with Crippen LogP contribution in [-0.4, -0.2) is 40.3 Å². The van der Waals surface area contributed by atoms with Crippen LogP contribution in [0.2, 0.25) is 0 Å². The first-order chi connectivity index (χ1) is 12.5. The summed E-state index contributed by atoms with van der Waals surface area (Å²) in [5.74, 6) is 0.981. The lowest BCUT2D eigenvalue weighted by atomic mass is 9.85. The highest BCUT2D eigenvalue weighted by atomic mass is 16.2. The molecule has 0 radical (unpaired) electrons. The lowest BCUT2D eigenvalue weighted by Gasteiger charge is -2.31. The number of rotatable bonds is 2. The topological polar surface area (TPSA) is 79.3 Å². The van der Waals surface area contributed by atoms with Gasteiger partial charge < -0.3 is 5.32 Å². The van der Waals surface area contributed by atoms with E-state index in [1.165, 1.54) is 24.8 Å². The third-order valence-electron chi connectivity index (χ3n) is 6.12. The summed E-state index contributed by atoms with van der Waals surface area (Å²) in [4.78, 5) is 25.2. The lowest BCUT2D eigenvalue weighted by Crippen LogP contribution is -2.49. The fourth-order valence-corrected chi connectivity index (χ4v) is 4.45. The van der Waals surface area contributed by atoms with E-state index in [0.29, 0.717) is 30.2 Å². The summed E-state index contributed by atoms with van der Waals surface area (Å²) in [5, 5.41) is 11.6. The maximum atomic E-state index is 12.2. The van der Waals surface area contributed by atoms with Gasteiger partial charge in [0.15, 0.2) is 5.82 Å². The van der Waals surface area contributed by atoms with E-state index in [9.17, 15) is 9.59 Å². The Balaban J connectivity index is 1.49. The SMILES string of the molecule is Cn1nc(N2CCC(=O)NC2=O)c2ccc(C3CCNC4(CC4)C3)cc21. The second-order valence-electron chi connectivity index (χ2n) is 7.88. The minimum absolute atomic E-state index is 0.228. The smallest absolute Gasteiger partial charge is 0.311 e. The summed E-state index contributed by atoms with van der Waals surface area (Å²) in [6.07, 6.45) is 5.27. The van der Waals surface area contributed by atoms with Crippen LogP contribution in [0.3, 0.4) is 0 Å². The molecule has 136 valence electrons. The van der Waals surface area contributed by atoms with E-state index in [-0.39, 0.29) is 11.9 Å². The molecule has 1 unspecified atom stereocenters. The summed E-state index contributed by atoms with van der Waals surface area (Å²) in [6, 6.07) is 6.11. The second-order valence-corrected chi connectivity index (χ2v) is 7.88. The average Bonchev–Trinajstić information content (AvgIpc) is 3.29. The van der Waals surface area contributed by atoms with Gasteiger partial charge in [-0.1, -0.05) is 6.07 Å². The first kappa shape index (κ1) is 15.8. The van der Waals surface area contributed by atoms with Crippen LogP contribution in [0, 0.1) is 0 Å². The molecule has 2 N–H and O–H groups in total. The third-order valence-corrected chi connectivity index (χ3v) is 6.12. The first-order valence-electron chi connectivity index (χ1n) is 9.38. The predicted molar refractivity (Wildman–Crippen MR) is 98.2 cm³/mol. The molecule has 2 aliphatic heterocycles. The number of hydrogen-bond acceptors (Lipinski definition) is 4. The highest BCUT2D eigenvalue weighted by Gasteiger charge is 2.46. The predicted octanol–water partition coefficient (Wildman–Crippen LogP) is 2.02. The molecule has 5 rings (SSSR count).